The van der Waals surface area contributed by atoms with Gasteiger partial charge in [0.25, 0.3) is 0 Å². The van der Waals surface area contributed by atoms with Crippen molar-refractivity contribution in [3.63, 3.8) is 0 Å². The van der Waals surface area contributed by atoms with Crippen LogP contribution >= 0.6 is 0 Å². The van der Waals surface area contributed by atoms with Gasteiger partial charge in [0.05, 0.1) is 0 Å². The molecule has 1 atom stereocenters. The maximum Gasteiger partial charge on any atom is 0.0376 e. The number of fused-ring (bicyclic) bond motifs is 1. The lowest BCUT2D eigenvalue weighted by molar-refractivity contribution is 0.282. The summed E-state index contributed by atoms with van der Waals surface area (Å²) in [6.07, 6.45) is 0. The van der Waals surface area contributed by atoms with E-state index in [-0.39, 0.29) is 0 Å². The van der Waals surface area contributed by atoms with Crippen LogP contribution in [0.15, 0.2) is 24.3 Å². The van der Waals surface area contributed by atoms with E-state index in [0.717, 1.165) is 19.0 Å². The van der Waals surface area contributed by atoms with E-state index < -0.39 is 0 Å². The van der Waals surface area contributed by atoms with Crippen LogP contribution < -0.4 is 5.32 Å². The first kappa shape index (κ1) is 11.5. The van der Waals surface area contributed by atoms with Crippen LogP contribution in [0, 0.1) is 5.92 Å². The number of rotatable bonds is 4. The zero-order valence-electron chi connectivity index (χ0n) is 10.5. The lowest BCUT2D eigenvalue weighted by Gasteiger charge is -2.22. The van der Waals surface area contributed by atoms with Crippen molar-refractivity contribution >= 4 is 5.69 Å². The number of para-hydroxylation sites is 1. The largest absolute Gasteiger partial charge is 0.384 e. The second-order valence-electron chi connectivity index (χ2n) is 5.28. The molecule has 0 fully saturated rings. The van der Waals surface area contributed by atoms with Gasteiger partial charge in [0, 0.05) is 31.2 Å². The van der Waals surface area contributed by atoms with Gasteiger partial charge in [-0.2, -0.15) is 0 Å². The van der Waals surface area contributed by atoms with Crippen molar-refractivity contribution in [1.82, 2.24) is 4.90 Å². The molecule has 1 aliphatic rings. The van der Waals surface area contributed by atoms with Crippen molar-refractivity contribution in [3.05, 3.63) is 29.8 Å². The molecule has 1 unspecified atom stereocenters. The SMILES string of the molecule is CC(C)CN(C)CC1CNc2ccccc21. The molecule has 0 saturated heterocycles. The topological polar surface area (TPSA) is 15.3 Å². The minimum Gasteiger partial charge on any atom is -0.384 e. The highest BCUT2D eigenvalue weighted by Gasteiger charge is 2.22. The van der Waals surface area contributed by atoms with Gasteiger partial charge in [0.15, 0.2) is 0 Å². The first-order valence-electron chi connectivity index (χ1n) is 6.18. The minimum atomic E-state index is 0.653. The van der Waals surface area contributed by atoms with E-state index in [0.29, 0.717) is 5.92 Å². The zero-order chi connectivity index (χ0) is 11.5. The summed E-state index contributed by atoms with van der Waals surface area (Å²) in [7, 11) is 2.22. The van der Waals surface area contributed by atoms with Crippen LogP contribution in [0.5, 0.6) is 0 Å². The summed E-state index contributed by atoms with van der Waals surface area (Å²) in [5, 5.41) is 3.48. The number of hydrogen-bond donors (Lipinski definition) is 1. The lowest BCUT2D eigenvalue weighted by atomic mass is 10.0. The molecule has 0 aliphatic carbocycles. The normalized spacial score (nSPS) is 18.9. The predicted molar refractivity (Wildman–Crippen MR) is 70.0 cm³/mol. The Labute approximate surface area is 98.7 Å². The molecule has 0 radical (unpaired) electrons. The highest BCUT2D eigenvalue weighted by Crippen LogP contribution is 2.31. The number of hydrogen-bond acceptors (Lipinski definition) is 2. The van der Waals surface area contributed by atoms with E-state index in [4.69, 9.17) is 0 Å². The van der Waals surface area contributed by atoms with Gasteiger partial charge >= 0.3 is 0 Å². The zero-order valence-corrected chi connectivity index (χ0v) is 10.5. The Bertz CT molecular complexity index is 346. The Morgan fingerprint density at radius 2 is 2.12 bits per heavy atom. The molecular weight excluding hydrogens is 196 g/mol. The molecule has 0 amide bonds. The molecule has 1 aromatic rings. The van der Waals surface area contributed by atoms with Crippen LogP contribution in [-0.2, 0) is 0 Å². The summed E-state index contributed by atoms with van der Waals surface area (Å²) in [6.45, 7) is 7.97. The molecule has 2 rings (SSSR count). The first-order chi connectivity index (χ1) is 7.66. The van der Waals surface area contributed by atoms with E-state index in [1.165, 1.54) is 17.8 Å². The van der Waals surface area contributed by atoms with E-state index in [9.17, 15) is 0 Å². The van der Waals surface area contributed by atoms with Crippen LogP contribution in [0.2, 0.25) is 0 Å². The van der Waals surface area contributed by atoms with Gasteiger partial charge in [-0.1, -0.05) is 32.0 Å². The van der Waals surface area contributed by atoms with Crippen LogP contribution in [-0.4, -0.2) is 31.6 Å². The molecule has 2 nitrogen and oxygen atoms in total. The molecular formula is C14H22N2. The fourth-order valence-corrected chi connectivity index (χ4v) is 2.59. The van der Waals surface area contributed by atoms with Gasteiger partial charge in [-0.25, -0.2) is 0 Å². The Morgan fingerprint density at radius 3 is 2.88 bits per heavy atom. The molecule has 0 aromatic heterocycles. The molecule has 0 bridgehead atoms. The van der Waals surface area contributed by atoms with E-state index in [2.05, 4.69) is 55.4 Å². The molecule has 1 heterocycles. The number of nitrogens with one attached hydrogen (secondary N) is 1. The van der Waals surface area contributed by atoms with Crippen LogP contribution in [0.25, 0.3) is 0 Å². The monoisotopic (exact) mass is 218 g/mol. The van der Waals surface area contributed by atoms with E-state index in [1.807, 2.05) is 0 Å². The molecule has 2 heteroatoms. The summed E-state index contributed by atoms with van der Waals surface area (Å²) in [5.74, 6) is 1.40. The molecule has 1 aliphatic heterocycles. The Morgan fingerprint density at radius 1 is 1.38 bits per heavy atom. The van der Waals surface area contributed by atoms with Crippen molar-refractivity contribution in [2.45, 2.75) is 19.8 Å². The molecule has 0 saturated carbocycles. The van der Waals surface area contributed by atoms with Gasteiger partial charge in [-0.15, -0.1) is 0 Å². The van der Waals surface area contributed by atoms with Crippen molar-refractivity contribution in [1.29, 1.82) is 0 Å². The Hall–Kier alpha value is -1.02. The third-order valence-corrected chi connectivity index (χ3v) is 3.15. The van der Waals surface area contributed by atoms with Gasteiger partial charge in [0.1, 0.15) is 0 Å². The number of likely N-dealkylation sites (N-methyl/N-ethyl adjacent to an activating group) is 1. The van der Waals surface area contributed by atoms with Crippen LogP contribution in [0.3, 0.4) is 0 Å². The van der Waals surface area contributed by atoms with Crippen molar-refractivity contribution in [2.24, 2.45) is 5.92 Å². The second kappa shape index (κ2) is 4.88. The predicted octanol–water partition coefficient (Wildman–Crippen LogP) is 2.78. The van der Waals surface area contributed by atoms with Crippen molar-refractivity contribution in [3.8, 4) is 0 Å². The molecule has 16 heavy (non-hydrogen) atoms. The Kier molecular flexibility index (Phi) is 3.49. The van der Waals surface area contributed by atoms with Crippen molar-refractivity contribution < 1.29 is 0 Å². The minimum absolute atomic E-state index is 0.653. The van der Waals surface area contributed by atoms with Gasteiger partial charge < -0.3 is 10.2 Å². The summed E-state index contributed by atoms with van der Waals surface area (Å²) in [4.78, 5) is 2.44. The third-order valence-electron chi connectivity index (χ3n) is 3.15. The number of nitrogens with zero attached hydrogens (tertiary/aromatic N) is 1. The fourth-order valence-electron chi connectivity index (χ4n) is 2.59. The van der Waals surface area contributed by atoms with Gasteiger partial charge in [0.2, 0.25) is 0 Å². The summed E-state index contributed by atoms with van der Waals surface area (Å²) in [6, 6.07) is 8.67. The molecule has 88 valence electrons. The average molecular weight is 218 g/mol. The average Bonchev–Trinajstić information content (AvgIpc) is 2.61. The van der Waals surface area contributed by atoms with Gasteiger partial charge in [-0.05, 0) is 24.6 Å². The summed E-state index contributed by atoms with van der Waals surface area (Å²) >= 11 is 0. The van der Waals surface area contributed by atoms with E-state index >= 15 is 0 Å². The van der Waals surface area contributed by atoms with Crippen LogP contribution in [0.4, 0.5) is 5.69 Å². The lowest BCUT2D eigenvalue weighted by Crippen LogP contribution is -2.28. The number of benzene rings is 1. The highest BCUT2D eigenvalue weighted by molar-refractivity contribution is 5.57. The molecule has 0 spiro atoms. The van der Waals surface area contributed by atoms with Crippen LogP contribution in [0.1, 0.15) is 25.3 Å². The molecule has 1 aromatic carbocycles. The first-order valence-corrected chi connectivity index (χ1v) is 6.18. The summed E-state index contributed by atoms with van der Waals surface area (Å²) < 4.78 is 0. The fraction of sp³-hybridized carbons (Fsp3) is 0.571. The summed E-state index contributed by atoms with van der Waals surface area (Å²) in [5.41, 5.74) is 2.81. The second-order valence-corrected chi connectivity index (χ2v) is 5.28. The van der Waals surface area contributed by atoms with Crippen molar-refractivity contribution in [2.75, 3.05) is 32.0 Å². The quantitative estimate of drug-likeness (QED) is 0.836. The maximum absolute atomic E-state index is 3.48. The highest BCUT2D eigenvalue weighted by atomic mass is 15.1. The third kappa shape index (κ3) is 2.56. The smallest absolute Gasteiger partial charge is 0.0376 e. The van der Waals surface area contributed by atoms with E-state index in [1.54, 1.807) is 0 Å². The van der Waals surface area contributed by atoms with Gasteiger partial charge in [-0.3, -0.25) is 0 Å². The molecule has 1 N–H and O–H groups in total. The Balaban J connectivity index is 1.98. The maximum atomic E-state index is 3.48. The standard InChI is InChI=1S/C14H22N2/c1-11(2)9-16(3)10-12-8-15-14-7-5-4-6-13(12)14/h4-7,11-12,15H,8-10H2,1-3H3. The number of anilines is 1.